The second kappa shape index (κ2) is 10.7. The van der Waals surface area contributed by atoms with Gasteiger partial charge in [-0.1, -0.05) is 0 Å². The zero-order chi connectivity index (χ0) is 27.7. The van der Waals surface area contributed by atoms with Gasteiger partial charge in [-0.05, 0) is 19.9 Å². The molecule has 2 N–H and O–H groups in total. The van der Waals surface area contributed by atoms with Crippen molar-refractivity contribution in [2.75, 3.05) is 56.0 Å². The smallest absolute Gasteiger partial charge is 0.379 e. The summed E-state index contributed by atoms with van der Waals surface area (Å²) < 4.78 is 78.0. The molecule has 10 nitrogen and oxygen atoms in total. The Morgan fingerprint density at radius 2 is 1.71 bits per heavy atom. The van der Waals surface area contributed by atoms with Crippen molar-refractivity contribution in [2.45, 2.75) is 31.7 Å². The quantitative estimate of drug-likeness (QED) is 0.529. The van der Waals surface area contributed by atoms with Crippen LogP contribution in [0.1, 0.15) is 24.5 Å². The van der Waals surface area contributed by atoms with Crippen molar-refractivity contribution < 1.29 is 31.1 Å². The number of piperazine rings is 1. The summed E-state index contributed by atoms with van der Waals surface area (Å²) in [4.78, 5) is 37.7. The van der Waals surface area contributed by atoms with Gasteiger partial charge >= 0.3 is 12.4 Å². The molecule has 2 aliphatic rings. The van der Waals surface area contributed by atoms with Gasteiger partial charge in [0.15, 0.2) is 0 Å². The highest BCUT2D eigenvalue weighted by atomic mass is 19.4. The molecule has 0 aliphatic carbocycles. The molecule has 2 atom stereocenters. The molecule has 0 radical (unpaired) electrons. The molecule has 0 saturated carbocycles. The Bertz CT molecular complexity index is 1180. The molecule has 2 aromatic heterocycles. The average Bonchev–Trinajstić information content (AvgIpc) is 3.30. The minimum Gasteiger partial charge on any atom is -0.379 e. The van der Waals surface area contributed by atoms with Gasteiger partial charge in [-0.2, -0.15) is 31.4 Å². The van der Waals surface area contributed by atoms with E-state index in [4.69, 9.17) is 0 Å². The van der Waals surface area contributed by atoms with Crippen LogP contribution < -0.4 is 15.8 Å². The van der Waals surface area contributed by atoms with Crippen LogP contribution >= 0.6 is 0 Å². The predicted molar refractivity (Wildman–Crippen MR) is 123 cm³/mol. The Morgan fingerprint density at radius 1 is 1.05 bits per heavy atom. The molecule has 0 bridgehead atoms. The monoisotopic (exact) mass is 548 g/mol. The number of H-pyrrole nitrogens is 1. The van der Waals surface area contributed by atoms with Gasteiger partial charge in [-0.3, -0.25) is 9.59 Å². The van der Waals surface area contributed by atoms with Crippen LogP contribution in [0, 0.1) is 5.92 Å². The standard InChI is InChI=1S/C22H26F6N8O2/c1-13(32-16-10-31-33-18(37)17(16)22(26,27)28)11-34-3-2-14(12-34)19(38)35-4-6-36(7-5-35)20-29-8-15(9-30-20)21(23,24)25/h8-10,13-14H,2-7,11-12H2,1H3,(H2,32,33,37)/t13-,14+/m0/s1. The Balaban J connectivity index is 1.27. The normalized spacial score (nSPS) is 20.0. The lowest BCUT2D eigenvalue weighted by atomic mass is 10.1. The van der Waals surface area contributed by atoms with Crippen LogP contribution in [-0.2, 0) is 17.1 Å². The first-order valence-electron chi connectivity index (χ1n) is 11.9. The number of anilines is 2. The minimum absolute atomic E-state index is 0.0424. The molecule has 2 aliphatic heterocycles. The summed E-state index contributed by atoms with van der Waals surface area (Å²) in [6.45, 7) is 4.54. The minimum atomic E-state index is -4.84. The fourth-order valence-electron chi connectivity index (χ4n) is 4.70. The van der Waals surface area contributed by atoms with Gasteiger partial charge in [0.1, 0.15) is 5.56 Å². The summed E-state index contributed by atoms with van der Waals surface area (Å²) in [6, 6.07) is -0.458. The molecular formula is C22H26F6N8O2. The summed E-state index contributed by atoms with van der Waals surface area (Å²) in [5.41, 5.74) is -4.00. The van der Waals surface area contributed by atoms with E-state index in [1.807, 2.05) is 4.90 Å². The first kappa shape index (κ1) is 27.6. The summed E-state index contributed by atoms with van der Waals surface area (Å²) in [5.74, 6) is -0.148. The molecule has 0 aromatic carbocycles. The number of halogens is 6. The van der Waals surface area contributed by atoms with Gasteiger partial charge in [0.25, 0.3) is 5.56 Å². The maximum atomic E-state index is 13.3. The van der Waals surface area contributed by atoms with Gasteiger partial charge in [-0.25, -0.2) is 15.1 Å². The summed E-state index contributed by atoms with van der Waals surface area (Å²) in [6.07, 6.45) is -6.37. The number of carbonyl (C=O) groups is 1. The summed E-state index contributed by atoms with van der Waals surface area (Å²) >= 11 is 0. The lowest BCUT2D eigenvalue weighted by molar-refractivity contribution is -0.139. The van der Waals surface area contributed by atoms with E-state index < -0.39 is 40.8 Å². The molecule has 2 aromatic rings. The van der Waals surface area contributed by atoms with Crippen molar-refractivity contribution in [3.05, 3.63) is 40.1 Å². The first-order valence-corrected chi connectivity index (χ1v) is 11.9. The molecule has 16 heteroatoms. The fourth-order valence-corrected chi connectivity index (χ4v) is 4.70. The number of hydrogen-bond acceptors (Lipinski definition) is 8. The van der Waals surface area contributed by atoms with Crippen LogP contribution in [0.25, 0.3) is 0 Å². The third-order valence-corrected chi connectivity index (χ3v) is 6.53. The number of rotatable bonds is 6. The zero-order valence-corrected chi connectivity index (χ0v) is 20.3. The topological polar surface area (TPSA) is 110 Å². The van der Waals surface area contributed by atoms with E-state index in [9.17, 15) is 35.9 Å². The molecule has 4 heterocycles. The number of aromatic nitrogens is 4. The molecule has 0 unspecified atom stereocenters. The summed E-state index contributed by atoms with van der Waals surface area (Å²) in [5, 5.41) is 7.95. The highest BCUT2D eigenvalue weighted by Gasteiger charge is 2.38. The van der Waals surface area contributed by atoms with Gasteiger partial charge < -0.3 is 20.0 Å². The molecular weight excluding hydrogens is 522 g/mol. The van der Waals surface area contributed by atoms with Crippen molar-refractivity contribution in [1.29, 1.82) is 0 Å². The number of hydrogen-bond donors (Lipinski definition) is 2. The van der Waals surface area contributed by atoms with Crippen LogP contribution in [-0.4, -0.2) is 87.7 Å². The van der Waals surface area contributed by atoms with Crippen LogP contribution in [0.5, 0.6) is 0 Å². The second-order valence-electron chi connectivity index (χ2n) is 9.36. The van der Waals surface area contributed by atoms with Crippen molar-refractivity contribution >= 4 is 17.5 Å². The number of alkyl halides is 6. The molecule has 2 saturated heterocycles. The van der Waals surface area contributed by atoms with E-state index in [1.54, 1.807) is 21.8 Å². The maximum Gasteiger partial charge on any atom is 0.423 e. The fraction of sp³-hybridized carbons (Fsp3) is 0.591. The number of likely N-dealkylation sites (tertiary alicyclic amines) is 1. The van der Waals surface area contributed by atoms with Crippen LogP contribution in [0.2, 0.25) is 0 Å². The maximum absolute atomic E-state index is 13.3. The van der Waals surface area contributed by atoms with Crippen molar-refractivity contribution in [1.82, 2.24) is 30.0 Å². The zero-order valence-electron chi connectivity index (χ0n) is 20.3. The van der Waals surface area contributed by atoms with E-state index >= 15 is 0 Å². The number of carbonyl (C=O) groups excluding carboxylic acids is 1. The molecule has 208 valence electrons. The number of amides is 1. The lowest BCUT2D eigenvalue weighted by Crippen LogP contribution is -2.51. The Hall–Kier alpha value is -3.43. The van der Waals surface area contributed by atoms with Crippen LogP contribution in [0.15, 0.2) is 23.4 Å². The Labute approximate surface area is 213 Å². The van der Waals surface area contributed by atoms with Gasteiger partial charge in [0, 0.05) is 57.7 Å². The first-order chi connectivity index (χ1) is 17.8. The van der Waals surface area contributed by atoms with Gasteiger partial charge in [0.05, 0.1) is 23.4 Å². The number of nitrogens with one attached hydrogen (secondary N) is 2. The third kappa shape index (κ3) is 6.34. The average molecular weight is 548 g/mol. The summed E-state index contributed by atoms with van der Waals surface area (Å²) in [7, 11) is 0. The predicted octanol–water partition coefficient (Wildman–Crippen LogP) is 2.07. The van der Waals surface area contributed by atoms with Crippen molar-refractivity contribution in [2.24, 2.45) is 5.92 Å². The SMILES string of the molecule is C[C@@H](CN1CC[C@@H](C(=O)N2CCN(c3ncc(C(F)(F)F)cn3)CC2)C1)Nc1cn[nH]c(=O)c1C(F)(F)F. The molecule has 38 heavy (non-hydrogen) atoms. The lowest BCUT2D eigenvalue weighted by Gasteiger charge is -2.36. The third-order valence-electron chi connectivity index (χ3n) is 6.53. The molecule has 1 amide bonds. The highest BCUT2D eigenvalue weighted by Crippen LogP contribution is 2.32. The van der Waals surface area contributed by atoms with E-state index in [0.29, 0.717) is 52.2 Å². The van der Waals surface area contributed by atoms with E-state index in [1.165, 1.54) is 0 Å². The van der Waals surface area contributed by atoms with E-state index in [-0.39, 0.29) is 17.8 Å². The molecule has 4 rings (SSSR count). The van der Waals surface area contributed by atoms with Gasteiger partial charge in [0.2, 0.25) is 11.9 Å². The van der Waals surface area contributed by atoms with Gasteiger partial charge in [-0.15, -0.1) is 0 Å². The number of aromatic amines is 1. The molecule has 0 spiro atoms. The van der Waals surface area contributed by atoms with Crippen LogP contribution in [0.4, 0.5) is 38.0 Å². The number of nitrogens with zero attached hydrogens (tertiary/aromatic N) is 6. The van der Waals surface area contributed by atoms with Crippen LogP contribution in [0.3, 0.4) is 0 Å². The second-order valence-corrected chi connectivity index (χ2v) is 9.36. The van der Waals surface area contributed by atoms with E-state index in [0.717, 1.165) is 18.6 Å². The highest BCUT2D eigenvalue weighted by molar-refractivity contribution is 5.79. The van der Waals surface area contributed by atoms with Crippen molar-refractivity contribution in [3.8, 4) is 0 Å². The van der Waals surface area contributed by atoms with Crippen molar-refractivity contribution in [3.63, 3.8) is 0 Å². The molecule has 2 fully saturated rings. The Morgan fingerprint density at radius 3 is 2.32 bits per heavy atom. The largest absolute Gasteiger partial charge is 0.423 e. The van der Waals surface area contributed by atoms with E-state index in [2.05, 4.69) is 20.4 Å². The Kier molecular flexibility index (Phi) is 7.80.